The monoisotopic (exact) mass is 337 g/mol. The number of benzene rings is 4. The Morgan fingerprint density at radius 2 is 1.27 bits per heavy atom. The lowest BCUT2D eigenvalue weighted by Crippen LogP contribution is -2.31. The standard InChI is InChI=1S/C22H16BNO2/c25-23(26)19-12-6-11-18-17-10-3-4-13-21(17)24(22(18)19)20-14-5-8-15-7-1-2-9-16(15)20/h1-14,25-26H. The summed E-state index contributed by atoms with van der Waals surface area (Å²) in [5, 5.41) is 24.3. The summed E-state index contributed by atoms with van der Waals surface area (Å²) in [6, 6.07) is 28.3. The van der Waals surface area contributed by atoms with Gasteiger partial charge in [0.2, 0.25) is 0 Å². The Morgan fingerprint density at radius 3 is 2.12 bits per heavy atom. The zero-order valence-electron chi connectivity index (χ0n) is 14.0. The molecule has 1 aromatic heterocycles. The molecule has 0 saturated carbocycles. The lowest BCUT2D eigenvalue weighted by molar-refractivity contribution is 0.426. The van der Waals surface area contributed by atoms with E-state index in [0.717, 1.165) is 38.3 Å². The van der Waals surface area contributed by atoms with E-state index in [9.17, 15) is 10.0 Å². The van der Waals surface area contributed by atoms with E-state index < -0.39 is 7.12 Å². The molecule has 0 saturated heterocycles. The summed E-state index contributed by atoms with van der Waals surface area (Å²) in [5.74, 6) is 0. The normalized spacial score (nSPS) is 11.5. The number of hydrogen-bond donors (Lipinski definition) is 2. The molecule has 0 amide bonds. The van der Waals surface area contributed by atoms with Crippen LogP contribution in [0.15, 0.2) is 84.9 Å². The number of fused-ring (bicyclic) bond motifs is 4. The van der Waals surface area contributed by atoms with Crippen molar-refractivity contribution in [2.24, 2.45) is 0 Å². The average Bonchev–Trinajstić information content (AvgIpc) is 3.02. The molecule has 0 fully saturated rings. The molecule has 2 N–H and O–H groups in total. The second-order valence-electron chi connectivity index (χ2n) is 6.47. The van der Waals surface area contributed by atoms with Crippen LogP contribution in [0.4, 0.5) is 0 Å². The van der Waals surface area contributed by atoms with Crippen LogP contribution in [-0.4, -0.2) is 21.7 Å². The summed E-state index contributed by atoms with van der Waals surface area (Å²) in [7, 11) is -1.53. The van der Waals surface area contributed by atoms with Crippen LogP contribution in [-0.2, 0) is 0 Å². The van der Waals surface area contributed by atoms with Gasteiger partial charge < -0.3 is 14.6 Å². The number of rotatable bonds is 2. The summed E-state index contributed by atoms with van der Waals surface area (Å²) < 4.78 is 2.14. The zero-order chi connectivity index (χ0) is 17.7. The fourth-order valence-electron chi connectivity index (χ4n) is 3.91. The fraction of sp³-hybridized carbons (Fsp3) is 0. The predicted octanol–water partition coefficient (Wildman–Crippen LogP) is 3.62. The summed E-state index contributed by atoms with van der Waals surface area (Å²) in [6.45, 7) is 0. The molecule has 3 nitrogen and oxygen atoms in total. The van der Waals surface area contributed by atoms with E-state index >= 15 is 0 Å². The van der Waals surface area contributed by atoms with Gasteiger partial charge in [-0.2, -0.15) is 0 Å². The van der Waals surface area contributed by atoms with Crippen molar-refractivity contribution < 1.29 is 10.0 Å². The van der Waals surface area contributed by atoms with Gasteiger partial charge in [-0.3, -0.25) is 0 Å². The van der Waals surface area contributed by atoms with E-state index in [1.807, 2.05) is 42.5 Å². The van der Waals surface area contributed by atoms with E-state index in [0.29, 0.717) is 5.46 Å². The maximum atomic E-state index is 9.97. The van der Waals surface area contributed by atoms with Gasteiger partial charge in [0.15, 0.2) is 0 Å². The van der Waals surface area contributed by atoms with E-state index in [4.69, 9.17) is 0 Å². The van der Waals surface area contributed by atoms with Gasteiger partial charge in [-0.25, -0.2) is 0 Å². The number of para-hydroxylation sites is 2. The first-order valence-electron chi connectivity index (χ1n) is 8.62. The fourth-order valence-corrected chi connectivity index (χ4v) is 3.91. The third-order valence-electron chi connectivity index (χ3n) is 5.01. The minimum Gasteiger partial charge on any atom is -0.423 e. The molecule has 0 aliphatic heterocycles. The van der Waals surface area contributed by atoms with E-state index in [1.54, 1.807) is 6.07 Å². The van der Waals surface area contributed by atoms with Gasteiger partial charge in [0.1, 0.15) is 0 Å². The van der Waals surface area contributed by atoms with E-state index in [1.165, 1.54) is 0 Å². The molecule has 0 aliphatic carbocycles. The molecule has 0 bridgehead atoms. The smallest absolute Gasteiger partial charge is 0.423 e. The Balaban J connectivity index is 2.04. The summed E-state index contributed by atoms with van der Waals surface area (Å²) in [4.78, 5) is 0. The van der Waals surface area contributed by atoms with Crippen LogP contribution in [0.2, 0.25) is 0 Å². The molecule has 0 spiro atoms. The van der Waals surface area contributed by atoms with Crippen LogP contribution < -0.4 is 5.46 Å². The molecule has 4 heteroatoms. The maximum Gasteiger partial charge on any atom is 0.490 e. The molecule has 0 aliphatic rings. The molecular formula is C22H16BNO2. The molecule has 1 heterocycles. The van der Waals surface area contributed by atoms with Crippen molar-refractivity contribution in [3.8, 4) is 5.69 Å². The third kappa shape index (κ3) is 2.10. The Hall–Kier alpha value is -3.08. The van der Waals surface area contributed by atoms with Gasteiger partial charge in [-0.15, -0.1) is 0 Å². The maximum absolute atomic E-state index is 9.97. The van der Waals surface area contributed by atoms with E-state index in [2.05, 4.69) is 41.0 Å². The molecule has 124 valence electrons. The SMILES string of the molecule is OB(O)c1cccc2c3ccccc3n(-c3cccc4ccccc34)c12. The molecule has 0 radical (unpaired) electrons. The van der Waals surface area contributed by atoms with Crippen molar-refractivity contribution in [3.63, 3.8) is 0 Å². The lowest BCUT2D eigenvalue weighted by atomic mass is 9.79. The number of aromatic nitrogens is 1. The van der Waals surface area contributed by atoms with Gasteiger partial charge in [0, 0.05) is 21.6 Å². The van der Waals surface area contributed by atoms with Gasteiger partial charge in [0.25, 0.3) is 0 Å². The predicted molar refractivity (Wildman–Crippen MR) is 108 cm³/mol. The molecule has 5 rings (SSSR count). The first kappa shape index (κ1) is 15.2. The second-order valence-corrected chi connectivity index (χ2v) is 6.47. The second kappa shape index (κ2) is 5.73. The number of hydrogen-bond acceptors (Lipinski definition) is 2. The van der Waals surface area contributed by atoms with Crippen LogP contribution in [0.25, 0.3) is 38.3 Å². The van der Waals surface area contributed by atoms with Crippen LogP contribution in [0.1, 0.15) is 0 Å². The third-order valence-corrected chi connectivity index (χ3v) is 5.01. The largest absolute Gasteiger partial charge is 0.490 e. The Kier molecular flexibility index (Phi) is 3.35. The Bertz CT molecular complexity index is 1270. The molecule has 0 atom stereocenters. The van der Waals surface area contributed by atoms with Crippen molar-refractivity contribution in [2.45, 2.75) is 0 Å². The Labute approximate surface area is 150 Å². The zero-order valence-corrected chi connectivity index (χ0v) is 14.0. The first-order valence-corrected chi connectivity index (χ1v) is 8.62. The quantitative estimate of drug-likeness (QED) is 0.483. The van der Waals surface area contributed by atoms with Crippen LogP contribution in [0.5, 0.6) is 0 Å². The highest BCUT2D eigenvalue weighted by molar-refractivity contribution is 6.62. The highest BCUT2D eigenvalue weighted by atomic mass is 16.4. The first-order chi connectivity index (χ1) is 12.8. The van der Waals surface area contributed by atoms with E-state index in [-0.39, 0.29) is 0 Å². The van der Waals surface area contributed by atoms with Crippen molar-refractivity contribution in [1.82, 2.24) is 4.57 Å². The average molecular weight is 337 g/mol. The highest BCUT2D eigenvalue weighted by Gasteiger charge is 2.21. The van der Waals surface area contributed by atoms with Gasteiger partial charge in [0.05, 0.1) is 16.7 Å². The van der Waals surface area contributed by atoms with Gasteiger partial charge in [-0.05, 0) is 17.5 Å². The number of nitrogens with zero attached hydrogens (tertiary/aromatic N) is 1. The Morgan fingerprint density at radius 1 is 0.615 bits per heavy atom. The van der Waals surface area contributed by atoms with Crippen molar-refractivity contribution >= 4 is 45.2 Å². The van der Waals surface area contributed by atoms with Gasteiger partial charge >= 0.3 is 7.12 Å². The molecular weight excluding hydrogens is 321 g/mol. The van der Waals surface area contributed by atoms with Crippen molar-refractivity contribution in [1.29, 1.82) is 0 Å². The summed E-state index contributed by atoms with van der Waals surface area (Å²) in [5.41, 5.74) is 3.42. The minimum absolute atomic E-state index is 0.506. The lowest BCUT2D eigenvalue weighted by Gasteiger charge is -2.13. The highest BCUT2D eigenvalue weighted by Crippen LogP contribution is 2.33. The van der Waals surface area contributed by atoms with Crippen LogP contribution >= 0.6 is 0 Å². The molecule has 4 aromatic carbocycles. The van der Waals surface area contributed by atoms with Crippen LogP contribution in [0.3, 0.4) is 0 Å². The molecule has 5 aromatic rings. The summed E-state index contributed by atoms with van der Waals surface area (Å²) in [6.07, 6.45) is 0. The van der Waals surface area contributed by atoms with Crippen molar-refractivity contribution in [2.75, 3.05) is 0 Å². The molecule has 0 unspecified atom stereocenters. The van der Waals surface area contributed by atoms with Crippen molar-refractivity contribution in [3.05, 3.63) is 84.9 Å². The van der Waals surface area contributed by atoms with Gasteiger partial charge in [-0.1, -0.05) is 72.8 Å². The molecule has 26 heavy (non-hydrogen) atoms. The topological polar surface area (TPSA) is 45.4 Å². The minimum atomic E-state index is -1.53. The van der Waals surface area contributed by atoms with Crippen LogP contribution in [0, 0.1) is 0 Å². The summed E-state index contributed by atoms with van der Waals surface area (Å²) >= 11 is 0.